The van der Waals surface area contributed by atoms with E-state index in [2.05, 4.69) is 15.3 Å². The first-order valence-corrected chi connectivity index (χ1v) is 9.35. The standard InChI is InChI=1S/C22H22N4O3/c1-3-26(19-8-6-5-7-9-19)20(27)17-14-23-22(24-15-17)25-18-12-10-16(11-13-18)21(28)29-4-2/h5-15H,3-4H2,1-2H3,(H,23,24,25). The molecule has 7 nitrogen and oxygen atoms in total. The topological polar surface area (TPSA) is 84.4 Å². The highest BCUT2D eigenvalue weighted by atomic mass is 16.5. The molecule has 7 heteroatoms. The molecule has 1 amide bonds. The molecule has 0 fully saturated rings. The number of hydrogen-bond donors (Lipinski definition) is 1. The van der Waals surface area contributed by atoms with Crippen molar-refractivity contribution in [3.8, 4) is 0 Å². The fraction of sp³-hybridized carbons (Fsp3) is 0.182. The third-order valence-corrected chi connectivity index (χ3v) is 4.18. The predicted molar refractivity (Wildman–Crippen MR) is 112 cm³/mol. The molecule has 29 heavy (non-hydrogen) atoms. The van der Waals surface area contributed by atoms with E-state index in [1.165, 1.54) is 12.4 Å². The summed E-state index contributed by atoms with van der Waals surface area (Å²) >= 11 is 0. The molecular formula is C22H22N4O3. The molecule has 0 saturated heterocycles. The third-order valence-electron chi connectivity index (χ3n) is 4.18. The molecule has 0 bridgehead atoms. The van der Waals surface area contributed by atoms with Crippen LogP contribution in [-0.4, -0.2) is 35.0 Å². The van der Waals surface area contributed by atoms with Gasteiger partial charge < -0.3 is 15.0 Å². The van der Waals surface area contributed by atoms with Crippen molar-refractivity contribution < 1.29 is 14.3 Å². The van der Waals surface area contributed by atoms with Crippen LogP contribution in [0.2, 0.25) is 0 Å². The number of esters is 1. The number of amides is 1. The minimum atomic E-state index is -0.364. The molecule has 2 aromatic carbocycles. The molecule has 0 aliphatic rings. The predicted octanol–water partition coefficient (Wildman–Crippen LogP) is 4.06. The number of aromatic nitrogens is 2. The normalized spacial score (nSPS) is 10.3. The summed E-state index contributed by atoms with van der Waals surface area (Å²) < 4.78 is 4.96. The Bertz CT molecular complexity index is 958. The van der Waals surface area contributed by atoms with Gasteiger partial charge in [0.15, 0.2) is 0 Å². The first kappa shape index (κ1) is 20.0. The van der Waals surface area contributed by atoms with Crippen LogP contribution in [0.1, 0.15) is 34.6 Å². The Morgan fingerprint density at radius 3 is 2.17 bits per heavy atom. The lowest BCUT2D eigenvalue weighted by Gasteiger charge is -2.20. The zero-order chi connectivity index (χ0) is 20.6. The van der Waals surface area contributed by atoms with E-state index < -0.39 is 0 Å². The first-order chi connectivity index (χ1) is 14.1. The van der Waals surface area contributed by atoms with Gasteiger partial charge in [-0.1, -0.05) is 18.2 Å². The Morgan fingerprint density at radius 1 is 0.931 bits per heavy atom. The van der Waals surface area contributed by atoms with E-state index in [-0.39, 0.29) is 11.9 Å². The van der Waals surface area contributed by atoms with Crippen LogP contribution in [0.15, 0.2) is 67.0 Å². The van der Waals surface area contributed by atoms with Crippen molar-refractivity contribution in [2.75, 3.05) is 23.4 Å². The molecule has 3 aromatic rings. The molecule has 0 atom stereocenters. The molecule has 0 spiro atoms. The van der Waals surface area contributed by atoms with Crippen molar-refractivity contribution in [3.63, 3.8) is 0 Å². The highest BCUT2D eigenvalue weighted by Gasteiger charge is 2.16. The number of benzene rings is 2. The molecule has 0 aliphatic heterocycles. The fourth-order valence-electron chi connectivity index (χ4n) is 2.74. The molecule has 1 aromatic heterocycles. The summed E-state index contributed by atoms with van der Waals surface area (Å²) in [6.07, 6.45) is 2.99. The lowest BCUT2D eigenvalue weighted by Crippen LogP contribution is -2.30. The molecule has 0 saturated carbocycles. The van der Waals surface area contributed by atoms with E-state index >= 15 is 0 Å². The second kappa shape index (κ2) is 9.45. The quantitative estimate of drug-likeness (QED) is 0.613. The van der Waals surface area contributed by atoms with Gasteiger partial charge in [0.25, 0.3) is 5.91 Å². The van der Waals surface area contributed by atoms with Crippen molar-refractivity contribution in [1.29, 1.82) is 0 Å². The second-order valence-corrected chi connectivity index (χ2v) is 6.10. The maximum Gasteiger partial charge on any atom is 0.338 e. The van der Waals surface area contributed by atoms with Crippen LogP contribution >= 0.6 is 0 Å². The van der Waals surface area contributed by atoms with Crippen molar-refractivity contribution in [1.82, 2.24) is 9.97 Å². The third kappa shape index (κ3) is 4.95. The maximum atomic E-state index is 12.8. The van der Waals surface area contributed by atoms with E-state index in [1.54, 1.807) is 36.1 Å². The van der Waals surface area contributed by atoms with Gasteiger partial charge in [0, 0.05) is 30.3 Å². The molecule has 148 valence electrons. The minimum absolute atomic E-state index is 0.163. The van der Waals surface area contributed by atoms with Crippen LogP contribution in [0.5, 0.6) is 0 Å². The molecule has 1 N–H and O–H groups in total. The number of ether oxygens (including phenoxy) is 1. The fourth-order valence-corrected chi connectivity index (χ4v) is 2.74. The summed E-state index contributed by atoms with van der Waals surface area (Å²) in [6, 6.07) is 16.3. The van der Waals surface area contributed by atoms with Gasteiger partial charge >= 0.3 is 5.97 Å². The zero-order valence-electron chi connectivity index (χ0n) is 16.3. The molecule has 0 unspecified atom stereocenters. The summed E-state index contributed by atoms with van der Waals surface area (Å²) in [5, 5.41) is 3.04. The van der Waals surface area contributed by atoms with Gasteiger partial charge in [0.1, 0.15) is 0 Å². The van der Waals surface area contributed by atoms with Crippen LogP contribution in [0.4, 0.5) is 17.3 Å². The van der Waals surface area contributed by atoms with E-state index in [0.717, 1.165) is 11.4 Å². The largest absolute Gasteiger partial charge is 0.462 e. The molecule has 1 heterocycles. The van der Waals surface area contributed by atoms with Crippen LogP contribution in [-0.2, 0) is 4.74 Å². The van der Waals surface area contributed by atoms with Crippen molar-refractivity contribution >= 4 is 29.2 Å². The van der Waals surface area contributed by atoms with Gasteiger partial charge in [-0.25, -0.2) is 14.8 Å². The Labute approximate surface area is 169 Å². The van der Waals surface area contributed by atoms with Gasteiger partial charge in [-0.15, -0.1) is 0 Å². The van der Waals surface area contributed by atoms with Crippen LogP contribution in [0.3, 0.4) is 0 Å². The van der Waals surface area contributed by atoms with Crippen molar-refractivity contribution in [2.45, 2.75) is 13.8 Å². The van der Waals surface area contributed by atoms with E-state index in [1.807, 2.05) is 37.3 Å². The number of rotatable bonds is 7. The smallest absolute Gasteiger partial charge is 0.338 e. The first-order valence-electron chi connectivity index (χ1n) is 9.35. The molecule has 3 rings (SSSR count). The summed E-state index contributed by atoms with van der Waals surface area (Å²) in [7, 11) is 0. The SMILES string of the molecule is CCOC(=O)c1ccc(Nc2ncc(C(=O)N(CC)c3ccccc3)cn2)cc1. The van der Waals surface area contributed by atoms with Gasteiger partial charge in [-0.3, -0.25) is 4.79 Å². The summed E-state index contributed by atoms with van der Waals surface area (Å²) in [5.41, 5.74) is 2.42. The lowest BCUT2D eigenvalue weighted by atomic mass is 10.2. The number of hydrogen-bond acceptors (Lipinski definition) is 6. The minimum Gasteiger partial charge on any atom is -0.462 e. The Kier molecular flexibility index (Phi) is 6.52. The number of carbonyl (C=O) groups is 2. The highest BCUT2D eigenvalue weighted by molar-refractivity contribution is 6.05. The Balaban J connectivity index is 1.68. The monoisotopic (exact) mass is 390 g/mol. The average Bonchev–Trinajstić information content (AvgIpc) is 2.76. The van der Waals surface area contributed by atoms with Gasteiger partial charge in [0.2, 0.25) is 5.95 Å². The van der Waals surface area contributed by atoms with Gasteiger partial charge in [-0.05, 0) is 50.2 Å². The summed E-state index contributed by atoms with van der Waals surface area (Å²) in [5.74, 6) is -0.172. The average molecular weight is 390 g/mol. The number of anilines is 3. The summed E-state index contributed by atoms with van der Waals surface area (Å²) in [6.45, 7) is 4.55. The van der Waals surface area contributed by atoms with Crippen LogP contribution in [0, 0.1) is 0 Å². The number of nitrogens with zero attached hydrogens (tertiary/aromatic N) is 3. The summed E-state index contributed by atoms with van der Waals surface area (Å²) in [4.78, 5) is 34.6. The molecule has 0 radical (unpaired) electrons. The highest BCUT2D eigenvalue weighted by Crippen LogP contribution is 2.18. The number of para-hydroxylation sites is 1. The molecular weight excluding hydrogens is 368 g/mol. The Hall–Kier alpha value is -3.74. The lowest BCUT2D eigenvalue weighted by molar-refractivity contribution is 0.0526. The maximum absolute atomic E-state index is 12.8. The van der Waals surface area contributed by atoms with E-state index in [4.69, 9.17) is 4.74 Å². The Morgan fingerprint density at radius 2 is 1.59 bits per heavy atom. The van der Waals surface area contributed by atoms with E-state index in [9.17, 15) is 9.59 Å². The van der Waals surface area contributed by atoms with Crippen LogP contribution < -0.4 is 10.2 Å². The number of nitrogens with one attached hydrogen (secondary N) is 1. The zero-order valence-corrected chi connectivity index (χ0v) is 16.3. The number of carbonyl (C=O) groups excluding carboxylic acids is 2. The van der Waals surface area contributed by atoms with Crippen molar-refractivity contribution in [3.05, 3.63) is 78.1 Å². The van der Waals surface area contributed by atoms with E-state index in [0.29, 0.717) is 30.2 Å². The second-order valence-electron chi connectivity index (χ2n) is 6.10. The van der Waals surface area contributed by atoms with Gasteiger partial charge in [0.05, 0.1) is 17.7 Å². The molecule has 0 aliphatic carbocycles. The van der Waals surface area contributed by atoms with Crippen molar-refractivity contribution in [2.24, 2.45) is 0 Å². The van der Waals surface area contributed by atoms with Crippen LogP contribution in [0.25, 0.3) is 0 Å². The van der Waals surface area contributed by atoms with Gasteiger partial charge in [-0.2, -0.15) is 0 Å².